The van der Waals surface area contributed by atoms with E-state index >= 15 is 0 Å². The van der Waals surface area contributed by atoms with Gasteiger partial charge in [0.05, 0.1) is 18.8 Å². The van der Waals surface area contributed by atoms with E-state index in [9.17, 15) is 9.90 Å². The van der Waals surface area contributed by atoms with E-state index in [1.165, 1.54) is 0 Å². The summed E-state index contributed by atoms with van der Waals surface area (Å²) in [6.07, 6.45) is 1.57. The van der Waals surface area contributed by atoms with Gasteiger partial charge in [0.2, 0.25) is 5.91 Å². The van der Waals surface area contributed by atoms with Crippen molar-refractivity contribution in [3.05, 3.63) is 28.8 Å². The van der Waals surface area contributed by atoms with Gasteiger partial charge in [0, 0.05) is 18.4 Å². The maximum atomic E-state index is 11.7. The number of hydrogen-bond acceptors (Lipinski definition) is 3. The standard InChI is InChI=1S/C16H23NO3/c1-4-11-8-12(10(3)18)9-13-14(17-15(19)5-2)6-7-20-16(11)13/h8-10,14,18H,4-7H2,1-3H3,(H,17,19). The second kappa shape index (κ2) is 6.27. The predicted octanol–water partition coefficient (Wildman–Crippen LogP) is 2.65. The van der Waals surface area contributed by atoms with Crippen molar-refractivity contribution in [2.24, 2.45) is 0 Å². The molecule has 110 valence electrons. The quantitative estimate of drug-likeness (QED) is 0.889. The Balaban J connectivity index is 2.42. The first-order valence-electron chi connectivity index (χ1n) is 7.33. The zero-order valence-electron chi connectivity index (χ0n) is 12.4. The topological polar surface area (TPSA) is 58.6 Å². The molecule has 0 aliphatic carbocycles. The molecule has 0 bridgehead atoms. The molecule has 1 heterocycles. The molecule has 1 aliphatic rings. The zero-order chi connectivity index (χ0) is 14.7. The summed E-state index contributed by atoms with van der Waals surface area (Å²) in [5.41, 5.74) is 2.96. The van der Waals surface area contributed by atoms with Gasteiger partial charge < -0.3 is 15.2 Å². The van der Waals surface area contributed by atoms with Gasteiger partial charge in [-0.1, -0.05) is 13.8 Å². The normalized spacial score (nSPS) is 18.9. The number of nitrogens with one attached hydrogen (secondary N) is 1. The minimum atomic E-state index is -0.518. The van der Waals surface area contributed by atoms with Gasteiger partial charge in [0.15, 0.2) is 0 Å². The van der Waals surface area contributed by atoms with E-state index in [2.05, 4.69) is 12.2 Å². The Labute approximate surface area is 120 Å². The number of aliphatic hydroxyl groups excluding tert-OH is 1. The van der Waals surface area contributed by atoms with Crippen LogP contribution in [0.15, 0.2) is 12.1 Å². The van der Waals surface area contributed by atoms with Crippen molar-refractivity contribution in [2.75, 3.05) is 6.61 Å². The van der Waals surface area contributed by atoms with Crippen LogP contribution in [0, 0.1) is 0 Å². The SMILES string of the molecule is CCC(=O)NC1CCOc2c(CC)cc(C(C)O)cc21. The van der Waals surface area contributed by atoms with Crippen molar-refractivity contribution in [3.63, 3.8) is 0 Å². The number of hydrogen-bond donors (Lipinski definition) is 2. The van der Waals surface area contributed by atoms with Crippen molar-refractivity contribution >= 4 is 5.91 Å². The van der Waals surface area contributed by atoms with Gasteiger partial charge in [-0.15, -0.1) is 0 Å². The van der Waals surface area contributed by atoms with Crippen LogP contribution in [0.1, 0.15) is 62.4 Å². The van der Waals surface area contributed by atoms with Crippen LogP contribution in [-0.4, -0.2) is 17.6 Å². The average Bonchev–Trinajstić information content (AvgIpc) is 2.46. The minimum absolute atomic E-state index is 0.0183. The number of carbonyl (C=O) groups excluding carboxylic acids is 1. The smallest absolute Gasteiger partial charge is 0.220 e. The lowest BCUT2D eigenvalue weighted by Gasteiger charge is -2.29. The molecule has 1 aliphatic heterocycles. The molecule has 0 saturated heterocycles. The number of aliphatic hydroxyl groups is 1. The summed E-state index contributed by atoms with van der Waals surface area (Å²) in [6.45, 7) is 6.28. The van der Waals surface area contributed by atoms with E-state index in [0.29, 0.717) is 13.0 Å². The van der Waals surface area contributed by atoms with Gasteiger partial charge >= 0.3 is 0 Å². The van der Waals surface area contributed by atoms with E-state index in [1.807, 2.05) is 19.1 Å². The van der Waals surface area contributed by atoms with Crippen molar-refractivity contribution in [1.82, 2.24) is 5.32 Å². The summed E-state index contributed by atoms with van der Waals surface area (Å²) in [4.78, 5) is 11.7. The number of carbonyl (C=O) groups is 1. The number of benzene rings is 1. The van der Waals surface area contributed by atoms with Crippen LogP contribution in [0.5, 0.6) is 5.75 Å². The Bertz CT molecular complexity index is 497. The van der Waals surface area contributed by atoms with E-state index < -0.39 is 6.10 Å². The molecule has 0 radical (unpaired) electrons. The monoisotopic (exact) mass is 277 g/mol. The van der Waals surface area contributed by atoms with E-state index in [1.54, 1.807) is 6.92 Å². The van der Waals surface area contributed by atoms with Crippen LogP contribution in [0.2, 0.25) is 0 Å². The van der Waals surface area contributed by atoms with Crippen molar-refractivity contribution in [3.8, 4) is 5.75 Å². The molecule has 0 aromatic heterocycles. The summed E-state index contributed by atoms with van der Waals surface area (Å²) in [6, 6.07) is 3.93. The highest BCUT2D eigenvalue weighted by atomic mass is 16.5. The second-order valence-electron chi connectivity index (χ2n) is 5.24. The average molecular weight is 277 g/mol. The molecule has 0 fully saturated rings. The van der Waals surface area contributed by atoms with Gasteiger partial charge in [-0.05, 0) is 36.6 Å². The molecule has 0 saturated carbocycles. The maximum Gasteiger partial charge on any atom is 0.220 e. The van der Waals surface area contributed by atoms with Gasteiger partial charge in [0.25, 0.3) is 0 Å². The molecular weight excluding hydrogens is 254 g/mol. The van der Waals surface area contributed by atoms with Crippen LogP contribution in [0.3, 0.4) is 0 Å². The Morgan fingerprint density at radius 2 is 2.25 bits per heavy atom. The Morgan fingerprint density at radius 1 is 1.50 bits per heavy atom. The number of fused-ring (bicyclic) bond motifs is 1. The molecule has 2 rings (SSSR count). The molecule has 4 nitrogen and oxygen atoms in total. The van der Waals surface area contributed by atoms with Gasteiger partial charge in [-0.25, -0.2) is 0 Å². The van der Waals surface area contributed by atoms with Crippen LogP contribution in [-0.2, 0) is 11.2 Å². The predicted molar refractivity (Wildman–Crippen MR) is 77.7 cm³/mol. The lowest BCUT2D eigenvalue weighted by Crippen LogP contribution is -2.32. The molecule has 4 heteroatoms. The van der Waals surface area contributed by atoms with Crippen molar-refractivity contribution in [1.29, 1.82) is 0 Å². The Kier molecular flexibility index (Phi) is 4.65. The zero-order valence-corrected chi connectivity index (χ0v) is 12.4. The summed E-state index contributed by atoms with van der Waals surface area (Å²) >= 11 is 0. The number of aryl methyl sites for hydroxylation is 1. The molecule has 1 aromatic rings. The molecule has 2 atom stereocenters. The fraction of sp³-hybridized carbons (Fsp3) is 0.562. The van der Waals surface area contributed by atoms with Gasteiger partial charge in [0.1, 0.15) is 5.75 Å². The molecular formula is C16H23NO3. The first kappa shape index (κ1) is 14.9. The third kappa shape index (κ3) is 2.96. The van der Waals surface area contributed by atoms with Crippen LogP contribution >= 0.6 is 0 Å². The fourth-order valence-electron chi connectivity index (χ4n) is 2.56. The molecule has 2 unspecified atom stereocenters. The first-order valence-corrected chi connectivity index (χ1v) is 7.33. The van der Waals surface area contributed by atoms with Crippen LogP contribution in [0.25, 0.3) is 0 Å². The summed E-state index contributed by atoms with van der Waals surface area (Å²) in [5.74, 6) is 0.924. The third-order valence-electron chi connectivity index (χ3n) is 3.76. The van der Waals surface area contributed by atoms with Gasteiger partial charge in [-0.2, -0.15) is 0 Å². The highest BCUT2D eigenvalue weighted by molar-refractivity contribution is 5.76. The lowest BCUT2D eigenvalue weighted by molar-refractivity contribution is -0.121. The third-order valence-corrected chi connectivity index (χ3v) is 3.76. The molecule has 1 aromatic carbocycles. The Hall–Kier alpha value is -1.55. The van der Waals surface area contributed by atoms with E-state index in [0.717, 1.165) is 35.3 Å². The lowest BCUT2D eigenvalue weighted by atomic mass is 9.92. The van der Waals surface area contributed by atoms with Gasteiger partial charge in [-0.3, -0.25) is 4.79 Å². The first-order chi connectivity index (χ1) is 9.56. The number of amides is 1. The van der Waals surface area contributed by atoms with Crippen molar-refractivity contribution < 1.29 is 14.6 Å². The number of rotatable bonds is 4. The van der Waals surface area contributed by atoms with Crippen molar-refractivity contribution in [2.45, 2.75) is 52.2 Å². The highest BCUT2D eigenvalue weighted by Gasteiger charge is 2.25. The Morgan fingerprint density at radius 3 is 2.85 bits per heavy atom. The largest absolute Gasteiger partial charge is 0.493 e. The summed E-state index contributed by atoms with van der Waals surface area (Å²) < 4.78 is 5.79. The fourth-order valence-corrected chi connectivity index (χ4v) is 2.56. The minimum Gasteiger partial charge on any atom is -0.493 e. The summed E-state index contributed by atoms with van der Waals surface area (Å²) in [5, 5.41) is 12.9. The highest BCUT2D eigenvalue weighted by Crippen LogP contribution is 2.37. The molecule has 20 heavy (non-hydrogen) atoms. The molecule has 1 amide bonds. The maximum absolute atomic E-state index is 11.7. The second-order valence-corrected chi connectivity index (χ2v) is 5.24. The summed E-state index contributed by atoms with van der Waals surface area (Å²) in [7, 11) is 0. The molecule has 0 spiro atoms. The number of ether oxygens (including phenoxy) is 1. The van der Waals surface area contributed by atoms with E-state index in [4.69, 9.17) is 4.74 Å². The molecule has 2 N–H and O–H groups in total. The van der Waals surface area contributed by atoms with E-state index in [-0.39, 0.29) is 11.9 Å². The van der Waals surface area contributed by atoms with Crippen LogP contribution < -0.4 is 10.1 Å². The van der Waals surface area contributed by atoms with Crippen LogP contribution in [0.4, 0.5) is 0 Å².